The molecule has 0 saturated heterocycles. The molecule has 5 nitrogen and oxygen atoms in total. The first-order valence-corrected chi connectivity index (χ1v) is 4.59. The first-order chi connectivity index (χ1) is 7.27. The molecule has 0 amide bonds. The van der Waals surface area contributed by atoms with Gasteiger partial charge in [0.1, 0.15) is 12.4 Å². The van der Waals surface area contributed by atoms with E-state index < -0.39 is 0 Å². The summed E-state index contributed by atoms with van der Waals surface area (Å²) in [5, 5.41) is 3.62. The van der Waals surface area contributed by atoms with E-state index in [1.807, 2.05) is 6.92 Å². The average Bonchev–Trinajstić information content (AvgIpc) is 2.24. The minimum absolute atomic E-state index is 0.0238. The molecular formula is C10H12N3O2. The lowest BCUT2D eigenvalue weighted by Gasteiger charge is -1.99. The Morgan fingerprint density at radius 2 is 2.47 bits per heavy atom. The van der Waals surface area contributed by atoms with Crippen molar-refractivity contribution < 1.29 is 9.63 Å². The molecule has 0 aromatic carbocycles. The Balaban J connectivity index is 2.82. The SMILES string of the molecule is CCCO/N=C(/[C]=O)c1cccc(N)n1. The van der Waals surface area contributed by atoms with Gasteiger partial charge in [-0.05, 0) is 18.6 Å². The number of nitrogens with zero attached hydrogens (tertiary/aromatic N) is 2. The summed E-state index contributed by atoms with van der Waals surface area (Å²) < 4.78 is 0. The van der Waals surface area contributed by atoms with Crippen LogP contribution in [0, 0.1) is 0 Å². The Kier molecular flexibility index (Phi) is 4.28. The van der Waals surface area contributed by atoms with E-state index in [1.165, 1.54) is 0 Å². The molecule has 2 N–H and O–H groups in total. The lowest BCUT2D eigenvalue weighted by atomic mass is 10.2. The summed E-state index contributed by atoms with van der Waals surface area (Å²) in [6.45, 7) is 2.39. The maximum absolute atomic E-state index is 10.6. The lowest BCUT2D eigenvalue weighted by molar-refractivity contribution is 0.145. The van der Waals surface area contributed by atoms with Gasteiger partial charge in [-0.25, -0.2) is 4.98 Å². The van der Waals surface area contributed by atoms with Crippen LogP contribution in [-0.2, 0) is 9.63 Å². The van der Waals surface area contributed by atoms with Crippen molar-refractivity contribution in [2.75, 3.05) is 12.3 Å². The Morgan fingerprint density at radius 1 is 1.67 bits per heavy atom. The van der Waals surface area contributed by atoms with Crippen molar-refractivity contribution in [3.8, 4) is 0 Å². The van der Waals surface area contributed by atoms with Gasteiger partial charge in [-0.1, -0.05) is 18.1 Å². The number of hydrogen-bond acceptors (Lipinski definition) is 5. The average molecular weight is 206 g/mol. The predicted octanol–water partition coefficient (Wildman–Crippen LogP) is 0.904. The van der Waals surface area contributed by atoms with Gasteiger partial charge in [0, 0.05) is 0 Å². The quantitative estimate of drug-likeness (QED) is 0.441. The number of rotatable bonds is 5. The molecule has 0 saturated carbocycles. The highest BCUT2D eigenvalue weighted by atomic mass is 16.6. The molecule has 0 aliphatic rings. The minimum Gasteiger partial charge on any atom is -0.395 e. The Labute approximate surface area is 87.9 Å². The molecular weight excluding hydrogens is 194 g/mol. The molecule has 1 aromatic heterocycles. The van der Waals surface area contributed by atoms with Gasteiger partial charge >= 0.3 is 0 Å². The van der Waals surface area contributed by atoms with E-state index in [4.69, 9.17) is 10.6 Å². The first kappa shape index (κ1) is 11.2. The van der Waals surface area contributed by atoms with E-state index in [9.17, 15) is 4.79 Å². The molecule has 1 aromatic rings. The molecule has 0 aliphatic heterocycles. The highest BCUT2D eigenvalue weighted by Gasteiger charge is 2.05. The van der Waals surface area contributed by atoms with Gasteiger partial charge in [-0.3, -0.25) is 4.79 Å². The third-order valence-electron chi connectivity index (χ3n) is 1.56. The summed E-state index contributed by atoms with van der Waals surface area (Å²) in [6.07, 6.45) is 2.48. The third kappa shape index (κ3) is 3.38. The minimum atomic E-state index is 0.0238. The summed E-state index contributed by atoms with van der Waals surface area (Å²) >= 11 is 0. The van der Waals surface area contributed by atoms with E-state index in [2.05, 4.69) is 10.1 Å². The Bertz CT molecular complexity index is 363. The van der Waals surface area contributed by atoms with Gasteiger partial charge in [0.05, 0.1) is 5.69 Å². The van der Waals surface area contributed by atoms with Gasteiger partial charge in [0.2, 0.25) is 0 Å². The molecule has 1 radical (unpaired) electrons. The van der Waals surface area contributed by atoms with Crippen molar-refractivity contribution in [3.63, 3.8) is 0 Å². The maximum atomic E-state index is 10.6. The second-order valence-corrected chi connectivity index (χ2v) is 2.82. The van der Waals surface area contributed by atoms with Gasteiger partial charge in [-0.15, -0.1) is 0 Å². The highest BCUT2D eigenvalue weighted by molar-refractivity contribution is 6.35. The van der Waals surface area contributed by atoms with Crippen LogP contribution in [0.1, 0.15) is 19.0 Å². The summed E-state index contributed by atoms with van der Waals surface area (Å²) in [7, 11) is 0. The molecule has 5 heteroatoms. The fraction of sp³-hybridized carbons (Fsp3) is 0.300. The van der Waals surface area contributed by atoms with Crippen LogP contribution in [0.4, 0.5) is 5.82 Å². The topological polar surface area (TPSA) is 77.6 Å². The number of oxime groups is 1. The Morgan fingerprint density at radius 3 is 3.07 bits per heavy atom. The van der Waals surface area contributed by atoms with Crippen LogP contribution < -0.4 is 5.73 Å². The van der Waals surface area contributed by atoms with Crippen molar-refractivity contribution in [1.29, 1.82) is 0 Å². The van der Waals surface area contributed by atoms with Crippen LogP contribution in [0.25, 0.3) is 0 Å². The molecule has 1 rings (SSSR count). The van der Waals surface area contributed by atoms with Crippen LogP contribution in [0.5, 0.6) is 0 Å². The number of nitrogens with two attached hydrogens (primary N) is 1. The second-order valence-electron chi connectivity index (χ2n) is 2.82. The van der Waals surface area contributed by atoms with Gasteiger partial charge in [-0.2, -0.15) is 0 Å². The van der Waals surface area contributed by atoms with Crippen LogP contribution >= 0.6 is 0 Å². The first-order valence-electron chi connectivity index (χ1n) is 4.59. The van der Waals surface area contributed by atoms with E-state index in [-0.39, 0.29) is 5.71 Å². The fourth-order valence-electron chi connectivity index (χ4n) is 0.903. The van der Waals surface area contributed by atoms with Crippen molar-refractivity contribution in [3.05, 3.63) is 23.9 Å². The second kappa shape index (κ2) is 5.74. The van der Waals surface area contributed by atoms with Crippen molar-refractivity contribution in [1.82, 2.24) is 4.98 Å². The fourth-order valence-corrected chi connectivity index (χ4v) is 0.903. The predicted molar refractivity (Wildman–Crippen MR) is 57.1 cm³/mol. The zero-order valence-electron chi connectivity index (χ0n) is 8.43. The summed E-state index contributed by atoms with van der Waals surface area (Å²) in [5.74, 6) is 0.325. The maximum Gasteiger partial charge on any atom is 0.259 e. The summed E-state index contributed by atoms with van der Waals surface area (Å²) in [6, 6.07) is 4.93. The number of carbonyl (C=O) groups excluding carboxylic acids is 1. The van der Waals surface area contributed by atoms with Crippen LogP contribution in [-0.4, -0.2) is 23.6 Å². The molecule has 0 fully saturated rings. The van der Waals surface area contributed by atoms with Crippen molar-refractivity contribution in [2.24, 2.45) is 5.16 Å². The third-order valence-corrected chi connectivity index (χ3v) is 1.56. The molecule has 79 valence electrons. The van der Waals surface area contributed by atoms with Gasteiger partial charge < -0.3 is 10.6 Å². The summed E-state index contributed by atoms with van der Waals surface area (Å²) in [4.78, 5) is 19.4. The lowest BCUT2D eigenvalue weighted by Crippen LogP contribution is -2.07. The Hall–Kier alpha value is -1.91. The number of hydrogen-bond donors (Lipinski definition) is 1. The van der Waals surface area contributed by atoms with E-state index in [1.54, 1.807) is 24.5 Å². The molecule has 0 aliphatic carbocycles. The van der Waals surface area contributed by atoms with Gasteiger partial charge in [0.15, 0.2) is 5.71 Å². The zero-order chi connectivity index (χ0) is 11.1. The monoisotopic (exact) mass is 206 g/mol. The van der Waals surface area contributed by atoms with Crippen LogP contribution in [0.2, 0.25) is 0 Å². The molecule has 0 unspecified atom stereocenters. The molecule has 1 heterocycles. The zero-order valence-corrected chi connectivity index (χ0v) is 8.43. The van der Waals surface area contributed by atoms with E-state index in [0.717, 1.165) is 6.42 Å². The van der Waals surface area contributed by atoms with Crippen LogP contribution in [0.3, 0.4) is 0 Å². The summed E-state index contributed by atoms with van der Waals surface area (Å²) in [5.41, 5.74) is 5.86. The smallest absolute Gasteiger partial charge is 0.259 e. The van der Waals surface area contributed by atoms with Gasteiger partial charge in [0.25, 0.3) is 6.29 Å². The molecule has 15 heavy (non-hydrogen) atoms. The van der Waals surface area contributed by atoms with Crippen molar-refractivity contribution >= 4 is 17.8 Å². The van der Waals surface area contributed by atoms with E-state index in [0.29, 0.717) is 18.1 Å². The standard InChI is InChI=1S/C10H12N3O2/c1-2-6-15-13-9(7-14)8-4-3-5-10(11)12-8/h3-5H,2,6H2,1H3,(H2,11,12)/b13-9-. The molecule has 0 bridgehead atoms. The molecule has 0 spiro atoms. The number of pyridine rings is 1. The highest BCUT2D eigenvalue weighted by Crippen LogP contribution is 2.01. The number of aromatic nitrogens is 1. The van der Waals surface area contributed by atoms with E-state index >= 15 is 0 Å². The van der Waals surface area contributed by atoms with Crippen LogP contribution in [0.15, 0.2) is 23.4 Å². The molecule has 0 atom stereocenters. The largest absolute Gasteiger partial charge is 0.395 e. The number of nitrogen functional groups attached to an aromatic ring is 1. The van der Waals surface area contributed by atoms with Crippen molar-refractivity contribution in [2.45, 2.75) is 13.3 Å². The number of anilines is 1. The normalized spacial score (nSPS) is 11.1.